The van der Waals surface area contributed by atoms with Crippen molar-refractivity contribution in [3.05, 3.63) is 89.7 Å². The lowest BCUT2D eigenvalue weighted by Crippen LogP contribution is -2.12. The van der Waals surface area contributed by atoms with Gasteiger partial charge in [0.15, 0.2) is 0 Å². The van der Waals surface area contributed by atoms with Crippen LogP contribution in [0.3, 0.4) is 0 Å². The van der Waals surface area contributed by atoms with Gasteiger partial charge in [-0.25, -0.2) is 4.98 Å². The minimum atomic E-state index is -0.209. The van der Waals surface area contributed by atoms with Gasteiger partial charge < -0.3 is 5.32 Å². The monoisotopic (exact) mass is 360 g/mol. The van der Waals surface area contributed by atoms with E-state index in [0.717, 1.165) is 21.8 Å². The van der Waals surface area contributed by atoms with Gasteiger partial charge in [-0.3, -0.25) is 9.48 Å². The van der Waals surface area contributed by atoms with Gasteiger partial charge in [0, 0.05) is 29.0 Å². The quantitative estimate of drug-likeness (QED) is 0.577. The van der Waals surface area contributed by atoms with Gasteiger partial charge in [0.1, 0.15) is 10.7 Å². The molecule has 0 saturated heterocycles. The third-order valence-corrected chi connectivity index (χ3v) is 4.74. The van der Waals surface area contributed by atoms with Crippen LogP contribution in [0.1, 0.15) is 16.1 Å². The Morgan fingerprint density at radius 1 is 1.08 bits per heavy atom. The summed E-state index contributed by atoms with van der Waals surface area (Å²) in [5.41, 5.74) is 3.24. The van der Waals surface area contributed by atoms with Gasteiger partial charge in [0.2, 0.25) is 0 Å². The molecule has 0 atom stereocenters. The third kappa shape index (κ3) is 3.70. The molecule has 0 fully saturated rings. The van der Waals surface area contributed by atoms with Crippen LogP contribution in [0, 0.1) is 0 Å². The van der Waals surface area contributed by atoms with Crippen LogP contribution in [0.5, 0.6) is 0 Å². The summed E-state index contributed by atoms with van der Waals surface area (Å²) in [6, 6.07) is 19.5. The number of carbonyl (C=O) groups is 1. The molecule has 0 spiro atoms. The Balaban J connectivity index is 1.47. The second-order valence-electron chi connectivity index (χ2n) is 5.76. The van der Waals surface area contributed by atoms with E-state index in [4.69, 9.17) is 0 Å². The number of rotatable bonds is 5. The highest BCUT2D eigenvalue weighted by Gasteiger charge is 2.12. The summed E-state index contributed by atoms with van der Waals surface area (Å²) in [7, 11) is 0. The fourth-order valence-corrected chi connectivity index (χ4v) is 3.42. The summed E-state index contributed by atoms with van der Waals surface area (Å²) < 4.78 is 1.84. The SMILES string of the molecule is O=C(Nc1cccc(Cn2cccn2)c1)c1csc(-c2ccccc2)n1. The maximum Gasteiger partial charge on any atom is 0.275 e. The Bertz CT molecular complexity index is 1010. The lowest BCUT2D eigenvalue weighted by molar-refractivity contribution is 0.102. The summed E-state index contributed by atoms with van der Waals surface area (Å²) in [5.74, 6) is -0.209. The highest BCUT2D eigenvalue weighted by atomic mass is 32.1. The maximum absolute atomic E-state index is 12.5. The van der Waals surface area contributed by atoms with Crippen molar-refractivity contribution in [2.75, 3.05) is 5.32 Å². The number of hydrogen-bond donors (Lipinski definition) is 1. The van der Waals surface area contributed by atoms with E-state index in [1.165, 1.54) is 11.3 Å². The molecule has 0 saturated carbocycles. The van der Waals surface area contributed by atoms with Gasteiger partial charge in [-0.2, -0.15) is 5.10 Å². The number of anilines is 1. The van der Waals surface area contributed by atoms with Crippen LogP contribution in [0.25, 0.3) is 10.6 Å². The van der Waals surface area contributed by atoms with E-state index >= 15 is 0 Å². The van der Waals surface area contributed by atoms with E-state index in [0.29, 0.717) is 12.2 Å². The number of amides is 1. The average Bonchev–Trinajstić information content (AvgIpc) is 3.35. The van der Waals surface area contributed by atoms with Gasteiger partial charge in [-0.05, 0) is 23.8 Å². The number of aromatic nitrogens is 3. The molecule has 0 aliphatic carbocycles. The molecule has 0 aliphatic rings. The van der Waals surface area contributed by atoms with Crippen LogP contribution >= 0.6 is 11.3 Å². The molecule has 2 heterocycles. The molecule has 6 heteroatoms. The van der Waals surface area contributed by atoms with Crippen LogP contribution in [0.4, 0.5) is 5.69 Å². The molecule has 26 heavy (non-hydrogen) atoms. The van der Waals surface area contributed by atoms with Crippen molar-refractivity contribution in [3.8, 4) is 10.6 Å². The molecule has 4 rings (SSSR count). The predicted octanol–water partition coefficient (Wildman–Crippen LogP) is 4.31. The number of carbonyl (C=O) groups excluding carboxylic acids is 1. The van der Waals surface area contributed by atoms with Gasteiger partial charge in [0.25, 0.3) is 5.91 Å². The molecule has 0 bridgehead atoms. The third-order valence-electron chi connectivity index (χ3n) is 3.85. The Morgan fingerprint density at radius 3 is 2.77 bits per heavy atom. The topological polar surface area (TPSA) is 59.8 Å². The molecular formula is C20H16N4OS. The first-order chi connectivity index (χ1) is 12.8. The van der Waals surface area contributed by atoms with Crippen LogP contribution in [-0.2, 0) is 6.54 Å². The van der Waals surface area contributed by atoms with Crippen LogP contribution in [0.2, 0.25) is 0 Å². The minimum absolute atomic E-state index is 0.209. The zero-order valence-corrected chi connectivity index (χ0v) is 14.7. The van der Waals surface area contributed by atoms with Crippen molar-refractivity contribution in [1.29, 1.82) is 0 Å². The van der Waals surface area contributed by atoms with Crippen molar-refractivity contribution in [3.63, 3.8) is 0 Å². The lowest BCUT2D eigenvalue weighted by atomic mass is 10.2. The fourth-order valence-electron chi connectivity index (χ4n) is 2.61. The zero-order valence-electron chi connectivity index (χ0n) is 13.9. The summed E-state index contributed by atoms with van der Waals surface area (Å²) in [6.07, 6.45) is 3.66. The number of hydrogen-bond acceptors (Lipinski definition) is 4. The lowest BCUT2D eigenvalue weighted by Gasteiger charge is -2.07. The van der Waals surface area contributed by atoms with Gasteiger partial charge in [-0.1, -0.05) is 42.5 Å². The Hall–Kier alpha value is -3.25. The molecule has 5 nitrogen and oxygen atoms in total. The van der Waals surface area contributed by atoms with Gasteiger partial charge in [0.05, 0.1) is 6.54 Å². The van der Waals surface area contributed by atoms with E-state index in [1.54, 1.807) is 11.6 Å². The van der Waals surface area contributed by atoms with Gasteiger partial charge in [-0.15, -0.1) is 11.3 Å². The molecule has 1 N–H and O–H groups in total. The molecule has 0 unspecified atom stereocenters. The van der Waals surface area contributed by atoms with Crippen molar-refractivity contribution < 1.29 is 4.79 Å². The minimum Gasteiger partial charge on any atom is -0.321 e. The molecule has 4 aromatic rings. The van der Waals surface area contributed by atoms with Crippen LogP contribution in [-0.4, -0.2) is 20.7 Å². The predicted molar refractivity (Wildman–Crippen MR) is 103 cm³/mol. The number of nitrogens with zero attached hydrogens (tertiary/aromatic N) is 3. The van der Waals surface area contributed by atoms with E-state index in [9.17, 15) is 4.79 Å². The zero-order chi connectivity index (χ0) is 17.8. The Kier molecular flexibility index (Phi) is 4.57. The molecule has 1 amide bonds. The van der Waals surface area contributed by atoms with Crippen molar-refractivity contribution in [2.45, 2.75) is 6.54 Å². The smallest absolute Gasteiger partial charge is 0.275 e. The van der Waals surface area contributed by atoms with Crippen LogP contribution in [0.15, 0.2) is 78.4 Å². The first-order valence-electron chi connectivity index (χ1n) is 8.16. The van der Waals surface area contributed by atoms with Gasteiger partial charge >= 0.3 is 0 Å². The molecule has 0 aliphatic heterocycles. The molecule has 0 radical (unpaired) electrons. The first-order valence-corrected chi connectivity index (χ1v) is 9.04. The second kappa shape index (κ2) is 7.33. The van der Waals surface area contributed by atoms with E-state index in [-0.39, 0.29) is 5.91 Å². The largest absolute Gasteiger partial charge is 0.321 e. The summed E-state index contributed by atoms with van der Waals surface area (Å²) in [4.78, 5) is 17.0. The van der Waals surface area contributed by atoms with Crippen molar-refractivity contribution >= 4 is 22.9 Å². The standard InChI is InChI=1S/C20H16N4OS/c25-19(18-14-26-20(23-18)16-7-2-1-3-8-16)22-17-9-4-6-15(12-17)13-24-11-5-10-21-24/h1-12,14H,13H2,(H,22,25). The Labute approximate surface area is 155 Å². The molecule has 128 valence electrons. The first kappa shape index (κ1) is 16.2. The highest BCUT2D eigenvalue weighted by Crippen LogP contribution is 2.23. The average molecular weight is 360 g/mol. The number of thiazole rings is 1. The van der Waals surface area contributed by atoms with Crippen molar-refractivity contribution in [2.24, 2.45) is 0 Å². The summed E-state index contributed by atoms with van der Waals surface area (Å²) in [6.45, 7) is 0.658. The molecule has 2 aromatic heterocycles. The second-order valence-corrected chi connectivity index (χ2v) is 6.62. The normalized spacial score (nSPS) is 10.6. The number of benzene rings is 2. The molecule has 2 aromatic carbocycles. The fraction of sp³-hybridized carbons (Fsp3) is 0.0500. The molecular weight excluding hydrogens is 344 g/mol. The van der Waals surface area contributed by atoms with E-state index in [2.05, 4.69) is 15.4 Å². The highest BCUT2D eigenvalue weighted by molar-refractivity contribution is 7.13. The Morgan fingerprint density at radius 2 is 1.96 bits per heavy atom. The van der Waals surface area contributed by atoms with E-state index < -0.39 is 0 Å². The summed E-state index contributed by atoms with van der Waals surface area (Å²) in [5, 5.41) is 9.74. The van der Waals surface area contributed by atoms with Crippen LogP contribution < -0.4 is 5.32 Å². The number of nitrogens with one attached hydrogen (secondary N) is 1. The summed E-state index contributed by atoms with van der Waals surface area (Å²) >= 11 is 1.46. The maximum atomic E-state index is 12.5. The van der Waals surface area contributed by atoms with Crippen molar-refractivity contribution in [1.82, 2.24) is 14.8 Å². The van der Waals surface area contributed by atoms with E-state index in [1.807, 2.05) is 71.5 Å².